The molecule has 0 spiro atoms. The van der Waals surface area contributed by atoms with Crippen LogP contribution in [-0.4, -0.2) is 27.6 Å². The summed E-state index contributed by atoms with van der Waals surface area (Å²) in [5.74, 6) is -1.45. The average molecular weight is 278 g/mol. The van der Waals surface area contributed by atoms with E-state index in [0.717, 1.165) is 19.3 Å². The van der Waals surface area contributed by atoms with Gasteiger partial charge in [-0.15, -0.1) is 0 Å². The number of nitrogens with one attached hydrogen (secondary N) is 1. The third-order valence-corrected chi connectivity index (χ3v) is 3.97. The molecule has 1 aromatic rings. The van der Waals surface area contributed by atoms with Crippen LogP contribution in [0.5, 0.6) is 0 Å². The lowest BCUT2D eigenvalue weighted by Gasteiger charge is -2.29. The van der Waals surface area contributed by atoms with E-state index in [-0.39, 0.29) is 18.0 Å². The molecule has 0 radical (unpaired) electrons. The first-order chi connectivity index (χ1) is 9.50. The third-order valence-electron chi connectivity index (χ3n) is 3.97. The zero-order valence-electron chi connectivity index (χ0n) is 12.0. The van der Waals surface area contributed by atoms with Crippen LogP contribution in [0.15, 0.2) is 18.3 Å². The van der Waals surface area contributed by atoms with Crippen LogP contribution in [0.2, 0.25) is 0 Å². The van der Waals surface area contributed by atoms with E-state index in [4.69, 9.17) is 0 Å². The van der Waals surface area contributed by atoms with Gasteiger partial charge in [0.2, 0.25) is 0 Å². The minimum absolute atomic E-state index is 0.179. The summed E-state index contributed by atoms with van der Waals surface area (Å²) in [5, 5.41) is 12.1. The molecule has 1 aliphatic carbocycles. The Morgan fingerprint density at radius 2 is 2.05 bits per heavy atom. The Balaban J connectivity index is 2.10. The van der Waals surface area contributed by atoms with Crippen LogP contribution in [0, 0.1) is 5.92 Å². The molecule has 1 fully saturated rings. The van der Waals surface area contributed by atoms with E-state index in [1.165, 1.54) is 0 Å². The summed E-state index contributed by atoms with van der Waals surface area (Å²) in [6.07, 6.45) is 5.15. The van der Waals surface area contributed by atoms with Crippen molar-refractivity contribution in [1.82, 2.24) is 9.88 Å². The predicted molar refractivity (Wildman–Crippen MR) is 75.7 cm³/mol. The van der Waals surface area contributed by atoms with Crippen molar-refractivity contribution in [1.29, 1.82) is 0 Å². The number of nitrogens with zero attached hydrogens (tertiary/aromatic N) is 1. The lowest BCUT2D eigenvalue weighted by atomic mass is 9.84. The minimum atomic E-state index is -0.811. The van der Waals surface area contributed by atoms with Gasteiger partial charge in [0, 0.05) is 18.3 Å². The molecule has 1 aromatic heterocycles. The molecule has 110 valence electrons. The van der Waals surface area contributed by atoms with Crippen LogP contribution < -0.4 is 5.32 Å². The molecule has 2 unspecified atom stereocenters. The Bertz CT molecular complexity index is 493. The number of amides is 1. The van der Waals surface area contributed by atoms with Crippen LogP contribution in [0.1, 0.15) is 56.1 Å². The van der Waals surface area contributed by atoms with Crippen LogP contribution in [0.4, 0.5) is 0 Å². The average Bonchev–Trinajstić information content (AvgIpc) is 2.88. The van der Waals surface area contributed by atoms with Gasteiger partial charge in [0.1, 0.15) is 5.69 Å². The minimum Gasteiger partial charge on any atom is -0.481 e. The monoisotopic (exact) mass is 278 g/mol. The van der Waals surface area contributed by atoms with Crippen molar-refractivity contribution in [3.63, 3.8) is 0 Å². The molecule has 5 nitrogen and oxygen atoms in total. The quantitative estimate of drug-likeness (QED) is 0.888. The summed E-state index contributed by atoms with van der Waals surface area (Å²) >= 11 is 0. The van der Waals surface area contributed by atoms with Crippen LogP contribution in [0.3, 0.4) is 0 Å². The second kappa shape index (κ2) is 6.11. The van der Waals surface area contributed by atoms with E-state index >= 15 is 0 Å². The summed E-state index contributed by atoms with van der Waals surface area (Å²) < 4.78 is 1.90. The number of aromatic nitrogens is 1. The molecule has 1 amide bonds. The second-order valence-corrected chi connectivity index (χ2v) is 5.70. The molecular weight excluding hydrogens is 256 g/mol. The number of carboxylic acids is 1. The van der Waals surface area contributed by atoms with E-state index in [2.05, 4.69) is 5.32 Å². The second-order valence-electron chi connectivity index (χ2n) is 5.70. The fourth-order valence-electron chi connectivity index (χ4n) is 2.88. The predicted octanol–water partition coefficient (Wildman–Crippen LogP) is 2.44. The molecule has 2 atom stereocenters. The highest BCUT2D eigenvalue weighted by molar-refractivity contribution is 5.93. The fraction of sp³-hybridized carbons (Fsp3) is 0.600. The maximum Gasteiger partial charge on any atom is 0.308 e. The summed E-state index contributed by atoms with van der Waals surface area (Å²) in [7, 11) is 0. The van der Waals surface area contributed by atoms with E-state index in [0.29, 0.717) is 12.1 Å². The van der Waals surface area contributed by atoms with Crippen molar-refractivity contribution in [2.24, 2.45) is 5.92 Å². The SMILES string of the molecule is CC(C)n1cccc1C(=O)NC1CCCCC1C(=O)O. The van der Waals surface area contributed by atoms with Crippen molar-refractivity contribution in [2.75, 3.05) is 0 Å². The molecule has 0 saturated heterocycles. The molecule has 1 heterocycles. The summed E-state index contributed by atoms with van der Waals surface area (Å²) in [6.45, 7) is 4.02. The molecule has 1 saturated carbocycles. The summed E-state index contributed by atoms with van der Waals surface area (Å²) in [6, 6.07) is 3.55. The molecule has 0 aliphatic heterocycles. The van der Waals surface area contributed by atoms with E-state index in [9.17, 15) is 14.7 Å². The molecule has 2 rings (SSSR count). The van der Waals surface area contributed by atoms with Gasteiger partial charge in [-0.05, 0) is 38.8 Å². The normalized spacial score (nSPS) is 22.8. The smallest absolute Gasteiger partial charge is 0.308 e. The molecule has 0 bridgehead atoms. The lowest BCUT2D eigenvalue weighted by Crippen LogP contribution is -2.45. The third kappa shape index (κ3) is 3.03. The van der Waals surface area contributed by atoms with Gasteiger partial charge in [0.15, 0.2) is 0 Å². The highest BCUT2D eigenvalue weighted by Gasteiger charge is 2.32. The van der Waals surface area contributed by atoms with Gasteiger partial charge in [-0.2, -0.15) is 0 Å². The van der Waals surface area contributed by atoms with E-state index < -0.39 is 11.9 Å². The van der Waals surface area contributed by atoms with Crippen molar-refractivity contribution in [2.45, 2.75) is 51.6 Å². The first-order valence-electron chi connectivity index (χ1n) is 7.21. The van der Waals surface area contributed by atoms with Crippen molar-refractivity contribution < 1.29 is 14.7 Å². The Labute approximate surface area is 119 Å². The highest BCUT2D eigenvalue weighted by Crippen LogP contribution is 2.25. The molecule has 20 heavy (non-hydrogen) atoms. The van der Waals surface area contributed by atoms with E-state index in [1.54, 1.807) is 6.07 Å². The maximum atomic E-state index is 12.3. The Hall–Kier alpha value is -1.78. The number of hydrogen-bond donors (Lipinski definition) is 2. The standard InChI is InChI=1S/C15H22N2O3/c1-10(2)17-9-5-8-13(17)14(18)16-12-7-4-3-6-11(12)15(19)20/h5,8-12H,3-4,6-7H2,1-2H3,(H,16,18)(H,19,20). The van der Waals surface area contributed by atoms with Crippen LogP contribution in [0.25, 0.3) is 0 Å². The van der Waals surface area contributed by atoms with Gasteiger partial charge < -0.3 is 15.0 Å². The molecule has 2 N–H and O–H groups in total. The maximum absolute atomic E-state index is 12.3. The molecule has 0 aromatic carbocycles. The first-order valence-corrected chi connectivity index (χ1v) is 7.21. The van der Waals surface area contributed by atoms with Crippen molar-refractivity contribution >= 4 is 11.9 Å². The number of rotatable bonds is 4. The lowest BCUT2D eigenvalue weighted by molar-refractivity contribution is -0.143. The Morgan fingerprint density at radius 3 is 2.70 bits per heavy atom. The fourth-order valence-corrected chi connectivity index (χ4v) is 2.88. The molecular formula is C15H22N2O3. The Kier molecular flexibility index (Phi) is 4.47. The van der Waals surface area contributed by atoms with Crippen molar-refractivity contribution in [3.8, 4) is 0 Å². The van der Waals surface area contributed by atoms with Crippen LogP contribution in [-0.2, 0) is 4.79 Å². The molecule has 5 heteroatoms. The zero-order chi connectivity index (χ0) is 14.7. The number of hydrogen-bond acceptors (Lipinski definition) is 2. The zero-order valence-corrected chi connectivity index (χ0v) is 12.0. The van der Waals surface area contributed by atoms with Gasteiger partial charge in [-0.1, -0.05) is 12.8 Å². The number of carboxylic acid groups (broad SMARTS) is 1. The highest BCUT2D eigenvalue weighted by atomic mass is 16.4. The van der Waals surface area contributed by atoms with Crippen LogP contribution >= 0.6 is 0 Å². The van der Waals surface area contributed by atoms with Crippen molar-refractivity contribution in [3.05, 3.63) is 24.0 Å². The number of carbonyl (C=O) groups is 2. The first kappa shape index (κ1) is 14.6. The van der Waals surface area contributed by atoms with Gasteiger partial charge in [0.05, 0.1) is 5.92 Å². The summed E-state index contributed by atoms with van der Waals surface area (Å²) in [5.41, 5.74) is 0.592. The number of aliphatic carboxylic acids is 1. The van der Waals surface area contributed by atoms with Gasteiger partial charge in [0.25, 0.3) is 5.91 Å². The van der Waals surface area contributed by atoms with Gasteiger partial charge >= 0.3 is 5.97 Å². The summed E-state index contributed by atoms with van der Waals surface area (Å²) in [4.78, 5) is 23.6. The number of carbonyl (C=O) groups excluding carboxylic acids is 1. The molecule has 1 aliphatic rings. The van der Waals surface area contributed by atoms with Gasteiger partial charge in [-0.25, -0.2) is 0 Å². The Morgan fingerprint density at radius 1 is 1.35 bits per heavy atom. The topological polar surface area (TPSA) is 71.3 Å². The van der Waals surface area contributed by atoms with E-state index in [1.807, 2.05) is 30.7 Å². The largest absolute Gasteiger partial charge is 0.481 e. The van der Waals surface area contributed by atoms with Gasteiger partial charge in [-0.3, -0.25) is 9.59 Å².